The third-order valence-electron chi connectivity index (χ3n) is 3.76. The minimum atomic E-state index is -0.370. The topological polar surface area (TPSA) is 79.2 Å². The fraction of sp³-hybridized carbons (Fsp3) is 0.533. The molecule has 1 heterocycles. The SMILES string of the molecule is CCc1ccc(OC2CN(C(=O)C(C)CO)C2)cc1O[B]O. The minimum Gasteiger partial charge on any atom is -0.537 e. The monoisotopic (exact) mass is 306 g/mol. The van der Waals surface area contributed by atoms with E-state index in [0.29, 0.717) is 32.3 Å². The lowest BCUT2D eigenvalue weighted by Crippen LogP contribution is -2.57. The minimum absolute atomic E-state index is 0.0532. The zero-order valence-electron chi connectivity index (χ0n) is 12.9. The highest BCUT2D eigenvalue weighted by Crippen LogP contribution is 2.27. The number of ether oxygens (including phenoxy) is 1. The molecule has 1 amide bonds. The van der Waals surface area contributed by atoms with E-state index >= 15 is 0 Å². The van der Waals surface area contributed by atoms with Crippen LogP contribution in [0.4, 0.5) is 0 Å². The van der Waals surface area contributed by atoms with Crippen LogP contribution in [-0.4, -0.2) is 54.4 Å². The first-order chi connectivity index (χ1) is 10.6. The number of aliphatic hydroxyl groups is 1. The Hall–Kier alpha value is -1.73. The van der Waals surface area contributed by atoms with E-state index in [1.54, 1.807) is 17.9 Å². The molecule has 1 aliphatic rings. The van der Waals surface area contributed by atoms with Gasteiger partial charge in [-0.2, -0.15) is 0 Å². The maximum atomic E-state index is 11.8. The van der Waals surface area contributed by atoms with Crippen molar-refractivity contribution < 1.29 is 24.3 Å². The molecule has 0 spiro atoms. The predicted octanol–water partition coefficient (Wildman–Crippen LogP) is 0.372. The van der Waals surface area contributed by atoms with Crippen molar-refractivity contribution in [3.8, 4) is 11.5 Å². The summed E-state index contributed by atoms with van der Waals surface area (Å²) in [5.41, 5.74) is 0.972. The van der Waals surface area contributed by atoms with E-state index in [1.165, 1.54) is 0 Å². The molecule has 7 heteroatoms. The number of carbonyl (C=O) groups is 1. The summed E-state index contributed by atoms with van der Waals surface area (Å²) in [4.78, 5) is 13.5. The second kappa shape index (κ2) is 7.51. The van der Waals surface area contributed by atoms with Gasteiger partial charge in [-0.25, -0.2) is 0 Å². The van der Waals surface area contributed by atoms with Crippen LogP contribution in [0.2, 0.25) is 0 Å². The lowest BCUT2D eigenvalue weighted by molar-refractivity contribution is -0.145. The zero-order chi connectivity index (χ0) is 16.1. The molecule has 0 bridgehead atoms. The summed E-state index contributed by atoms with van der Waals surface area (Å²) in [7, 11) is 0.651. The first-order valence-corrected chi connectivity index (χ1v) is 7.40. The normalized spacial score (nSPS) is 15.9. The highest BCUT2D eigenvalue weighted by atomic mass is 16.5. The van der Waals surface area contributed by atoms with Crippen LogP contribution in [-0.2, 0) is 11.2 Å². The molecule has 1 unspecified atom stereocenters. The molecule has 22 heavy (non-hydrogen) atoms. The van der Waals surface area contributed by atoms with Crippen LogP contribution in [0.1, 0.15) is 19.4 Å². The molecule has 1 atom stereocenters. The quantitative estimate of drug-likeness (QED) is 0.712. The van der Waals surface area contributed by atoms with Gasteiger partial charge >= 0.3 is 7.69 Å². The summed E-state index contributed by atoms with van der Waals surface area (Å²) in [6.07, 6.45) is 0.724. The van der Waals surface area contributed by atoms with E-state index in [9.17, 15) is 4.79 Å². The number of hydrogen-bond acceptors (Lipinski definition) is 5. The van der Waals surface area contributed by atoms with Gasteiger partial charge in [0.2, 0.25) is 5.91 Å². The summed E-state index contributed by atoms with van der Waals surface area (Å²) in [6.45, 7) is 4.59. The lowest BCUT2D eigenvalue weighted by Gasteiger charge is -2.40. The van der Waals surface area contributed by atoms with E-state index < -0.39 is 0 Å². The number of aliphatic hydroxyl groups excluding tert-OH is 1. The van der Waals surface area contributed by atoms with Crippen LogP contribution >= 0.6 is 0 Å². The van der Waals surface area contributed by atoms with Gasteiger partial charge in [-0.05, 0) is 18.1 Å². The number of carbonyl (C=O) groups excluding carboxylic acids is 1. The summed E-state index contributed by atoms with van der Waals surface area (Å²) < 4.78 is 10.9. The second-order valence-electron chi connectivity index (χ2n) is 5.41. The van der Waals surface area contributed by atoms with Gasteiger partial charge in [0.25, 0.3) is 0 Å². The van der Waals surface area contributed by atoms with E-state index in [4.69, 9.17) is 19.5 Å². The molecule has 0 aliphatic carbocycles. The third kappa shape index (κ3) is 3.72. The van der Waals surface area contributed by atoms with E-state index in [0.717, 1.165) is 12.0 Å². The summed E-state index contributed by atoms with van der Waals surface area (Å²) >= 11 is 0. The second-order valence-corrected chi connectivity index (χ2v) is 5.41. The number of amides is 1. The first-order valence-electron chi connectivity index (χ1n) is 7.40. The van der Waals surface area contributed by atoms with E-state index in [1.807, 2.05) is 19.1 Å². The molecule has 0 aromatic heterocycles. The van der Waals surface area contributed by atoms with Crippen molar-refractivity contribution >= 4 is 13.6 Å². The Morgan fingerprint density at radius 3 is 2.82 bits per heavy atom. The van der Waals surface area contributed by atoms with Gasteiger partial charge in [-0.3, -0.25) is 4.79 Å². The number of hydrogen-bond donors (Lipinski definition) is 2. The largest absolute Gasteiger partial charge is 0.569 e. The zero-order valence-corrected chi connectivity index (χ0v) is 12.9. The van der Waals surface area contributed by atoms with Crippen LogP contribution < -0.4 is 9.39 Å². The van der Waals surface area contributed by atoms with Crippen molar-refractivity contribution in [2.45, 2.75) is 26.4 Å². The van der Waals surface area contributed by atoms with Crippen LogP contribution in [0.3, 0.4) is 0 Å². The molecule has 2 rings (SSSR count). The highest BCUT2D eigenvalue weighted by Gasteiger charge is 2.34. The Morgan fingerprint density at radius 2 is 2.23 bits per heavy atom. The van der Waals surface area contributed by atoms with Crippen molar-refractivity contribution in [1.82, 2.24) is 4.90 Å². The molecule has 2 N–H and O–H groups in total. The maximum Gasteiger partial charge on any atom is 0.569 e. The number of benzene rings is 1. The molecule has 0 saturated carbocycles. The summed E-state index contributed by atoms with van der Waals surface area (Å²) in [6, 6.07) is 5.47. The average molecular weight is 306 g/mol. The molecule has 119 valence electrons. The Balaban J connectivity index is 1.91. The molecule has 1 aromatic rings. The van der Waals surface area contributed by atoms with Gasteiger partial charge < -0.3 is 24.4 Å². The van der Waals surface area contributed by atoms with Crippen LogP contribution in [0, 0.1) is 5.92 Å². The van der Waals surface area contributed by atoms with Crippen molar-refractivity contribution in [2.24, 2.45) is 5.92 Å². The first kappa shape index (κ1) is 16.6. The van der Waals surface area contributed by atoms with Gasteiger partial charge in [0, 0.05) is 6.07 Å². The number of likely N-dealkylation sites (tertiary alicyclic amines) is 1. The van der Waals surface area contributed by atoms with Crippen LogP contribution in [0.15, 0.2) is 18.2 Å². The fourth-order valence-corrected chi connectivity index (χ4v) is 2.34. The fourth-order valence-electron chi connectivity index (χ4n) is 2.34. The molecular weight excluding hydrogens is 285 g/mol. The number of rotatable bonds is 7. The molecular formula is C15H21BNO5. The van der Waals surface area contributed by atoms with E-state index in [-0.39, 0.29) is 24.5 Å². The third-order valence-corrected chi connectivity index (χ3v) is 3.76. The Morgan fingerprint density at radius 1 is 1.50 bits per heavy atom. The van der Waals surface area contributed by atoms with Crippen LogP contribution in [0.25, 0.3) is 0 Å². The van der Waals surface area contributed by atoms with Gasteiger partial charge in [-0.15, -0.1) is 0 Å². The maximum absolute atomic E-state index is 11.8. The molecule has 1 aliphatic heterocycles. The van der Waals surface area contributed by atoms with Crippen LogP contribution in [0.5, 0.6) is 11.5 Å². The molecule has 1 saturated heterocycles. The van der Waals surface area contributed by atoms with Gasteiger partial charge in [0.1, 0.15) is 17.6 Å². The van der Waals surface area contributed by atoms with Gasteiger partial charge in [0.15, 0.2) is 0 Å². The van der Waals surface area contributed by atoms with E-state index in [2.05, 4.69) is 0 Å². The summed E-state index contributed by atoms with van der Waals surface area (Å²) in [5.74, 6) is 0.775. The Bertz CT molecular complexity index is 519. The molecule has 1 aromatic carbocycles. The molecule has 1 radical (unpaired) electrons. The Labute approximate surface area is 131 Å². The van der Waals surface area contributed by atoms with Crippen molar-refractivity contribution in [3.63, 3.8) is 0 Å². The standard InChI is InChI=1S/C15H21BNO5/c1-3-11-4-5-12(6-14(11)22-16-20)21-13-7-17(8-13)15(19)10(2)9-18/h4-6,10,13,18,20H,3,7-9H2,1-2H3. The Kier molecular flexibility index (Phi) is 5.68. The average Bonchev–Trinajstić information content (AvgIpc) is 2.49. The van der Waals surface area contributed by atoms with Crippen molar-refractivity contribution in [1.29, 1.82) is 0 Å². The number of nitrogens with zero attached hydrogens (tertiary/aromatic N) is 1. The smallest absolute Gasteiger partial charge is 0.537 e. The molecule has 6 nitrogen and oxygen atoms in total. The van der Waals surface area contributed by atoms with Crippen molar-refractivity contribution in [2.75, 3.05) is 19.7 Å². The molecule has 1 fully saturated rings. The van der Waals surface area contributed by atoms with Gasteiger partial charge in [-0.1, -0.05) is 19.9 Å². The number of aryl methyl sites for hydroxylation is 1. The van der Waals surface area contributed by atoms with Gasteiger partial charge in [0.05, 0.1) is 25.6 Å². The van der Waals surface area contributed by atoms with Crippen molar-refractivity contribution in [3.05, 3.63) is 23.8 Å². The highest BCUT2D eigenvalue weighted by molar-refractivity contribution is 6.17. The predicted molar refractivity (Wildman–Crippen MR) is 81.7 cm³/mol. The lowest BCUT2D eigenvalue weighted by atomic mass is 10.1. The summed E-state index contributed by atoms with van der Waals surface area (Å²) in [5, 5.41) is 17.8.